The van der Waals surface area contributed by atoms with Gasteiger partial charge in [-0.2, -0.15) is 0 Å². The van der Waals surface area contributed by atoms with Gasteiger partial charge in [-0.1, -0.05) is 5.92 Å². The Kier molecular flexibility index (Phi) is 8.06. The summed E-state index contributed by atoms with van der Waals surface area (Å²) in [5.74, 6) is 0.0628. The molecule has 9 heteroatoms. The minimum atomic E-state index is -1.06. The molecule has 144 valence electrons. The van der Waals surface area contributed by atoms with E-state index in [0.29, 0.717) is 0 Å². The zero-order chi connectivity index (χ0) is 19.9. The molecule has 0 spiro atoms. The quantitative estimate of drug-likeness (QED) is 0.353. The Morgan fingerprint density at radius 2 is 1.46 bits per heavy atom. The highest BCUT2D eigenvalue weighted by Gasteiger charge is 2.49. The zero-order valence-corrected chi connectivity index (χ0v) is 15.2. The Balaban J connectivity index is 3.25. The lowest BCUT2D eigenvalue weighted by molar-refractivity contribution is -0.206. The van der Waals surface area contributed by atoms with Crippen molar-refractivity contribution in [2.75, 3.05) is 19.7 Å². The zero-order valence-electron chi connectivity index (χ0n) is 15.2. The molecule has 1 heterocycles. The summed E-state index contributed by atoms with van der Waals surface area (Å²) in [4.78, 5) is 47.4. The van der Waals surface area contributed by atoms with Gasteiger partial charge in [0.1, 0.15) is 6.61 Å². The van der Waals surface area contributed by atoms with E-state index < -0.39 is 48.2 Å². The number of esters is 4. The fourth-order valence-corrected chi connectivity index (χ4v) is 2.80. The molecule has 0 bridgehead atoms. The summed E-state index contributed by atoms with van der Waals surface area (Å²) in [6.07, 6.45) is 2.39. The lowest BCUT2D eigenvalue weighted by atomic mass is 9.93. The van der Waals surface area contributed by atoms with Crippen molar-refractivity contribution in [3.63, 3.8) is 0 Å². The van der Waals surface area contributed by atoms with E-state index in [9.17, 15) is 19.2 Å². The van der Waals surface area contributed by atoms with E-state index in [1.807, 2.05) is 0 Å². The third kappa shape index (κ3) is 6.37. The van der Waals surface area contributed by atoms with Crippen LogP contribution >= 0.6 is 0 Å². The molecule has 0 N–H and O–H groups in total. The molecule has 0 unspecified atom stereocenters. The smallest absolute Gasteiger partial charge is 0.303 e. The maximum atomic E-state index is 11.6. The average molecular weight is 369 g/mol. The SMILES string of the molecule is C#CCN1C[C@H](OC(C)=O)[C@@H](OC(C)=O)[C@H](OC(C)=O)[C@H]1COC(C)=O. The standard InChI is InChI=1S/C17H23NO8/c1-6-7-18-8-15(24-11(3)20)17(26-13(5)22)16(25-12(4)21)14(18)9-23-10(2)19/h1,14-17H,7-9H2,2-5H3/t14-,15+,16-,17-/m1/s1. The number of hydrogen-bond donors (Lipinski definition) is 0. The summed E-state index contributed by atoms with van der Waals surface area (Å²) in [7, 11) is 0. The largest absolute Gasteiger partial charge is 0.464 e. The molecule has 4 atom stereocenters. The highest BCUT2D eigenvalue weighted by atomic mass is 16.6. The van der Waals surface area contributed by atoms with Gasteiger partial charge in [0.15, 0.2) is 18.3 Å². The van der Waals surface area contributed by atoms with Gasteiger partial charge in [-0.3, -0.25) is 24.1 Å². The van der Waals surface area contributed by atoms with Crippen molar-refractivity contribution >= 4 is 23.9 Å². The summed E-state index contributed by atoms with van der Waals surface area (Å²) in [5, 5.41) is 0. The van der Waals surface area contributed by atoms with Crippen LogP contribution in [-0.2, 0) is 38.1 Å². The lowest BCUT2D eigenvalue weighted by Gasteiger charge is -2.46. The molecule has 1 rings (SSSR count). The van der Waals surface area contributed by atoms with Crippen molar-refractivity contribution in [1.82, 2.24) is 4.90 Å². The normalized spacial score (nSPS) is 25.5. The van der Waals surface area contributed by atoms with Gasteiger partial charge in [-0.25, -0.2) is 0 Å². The van der Waals surface area contributed by atoms with Gasteiger partial charge in [0.2, 0.25) is 0 Å². The first-order valence-electron chi connectivity index (χ1n) is 7.98. The average Bonchev–Trinajstić information content (AvgIpc) is 2.48. The van der Waals surface area contributed by atoms with Crippen LogP contribution in [0.5, 0.6) is 0 Å². The van der Waals surface area contributed by atoms with Crippen molar-refractivity contribution in [2.45, 2.75) is 52.0 Å². The molecule has 0 aromatic rings. The summed E-state index contributed by atoms with van der Waals surface area (Å²) in [6.45, 7) is 4.92. The number of likely N-dealkylation sites (tertiary alicyclic amines) is 1. The van der Waals surface area contributed by atoms with Crippen LogP contribution in [0.1, 0.15) is 27.7 Å². The number of rotatable bonds is 6. The van der Waals surface area contributed by atoms with Crippen molar-refractivity contribution in [3.05, 3.63) is 0 Å². The van der Waals surface area contributed by atoms with Crippen LogP contribution in [0, 0.1) is 12.3 Å². The first-order valence-corrected chi connectivity index (χ1v) is 7.98. The van der Waals surface area contributed by atoms with Gasteiger partial charge in [0.05, 0.1) is 12.6 Å². The second-order valence-corrected chi connectivity index (χ2v) is 5.80. The molecule has 0 aromatic carbocycles. The predicted octanol–water partition coefficient (Wildman–Crippen LogP) is -0.338. The molecule has 0 amide bonds. The van der Waals surface area contributed by atoms with Crippen LogP contribution in [0.2, 0.25) is 0 Å². The van der Waals surface area contributed by atoms with Gasteiger partial charge >= 0.3 is 23.9 Å². The van der Waals surface area contributed by atoms with E-state index in [0.717, 1.165) is 0 Å². The minimum Gasteiger partial charge on any atom is -0.464 e. The van der Waals surface area contributed by atoms with Crippen LogP contribution < -0.4 is 0 Å². The van der Waals surface area contributed by atoms with Crippen LogP contribution in [0.15, 0.2) is 0 Å². The van der Waals surface area contributed by atoms with Crippen LogP contribution in [0.4, 0.5) is 0 Å². The van der Waals surface area contributed by atoms with Gasteiger partial charge in [-0.15, -0.1) is 6.42 Å². The molecule has 0 aliphatic carbocycles. The third-order valence-electron chi connectivity index (χ3n) is 3.63. The summed E-state index contributed by atoms with van der Waals surface area (Å²) >= 11 is 0. The Bertz CT molecular complexity index is 596. The van der Waals surface area contributed by atoms with Gasteiger partial charge in [0.25, 0.3) is 0 Å². The molecule has 9 nitrogen and oxygen atoms in total. The lowest BCUT2D eigenvalue weighted by Crippen LogP contribution is -2.65. The van der Waals surface area contributed by atoms with E-state index in [4.69, 9.17) is 25.4 Å². The van der Waals surface area contributed by atoms with E-state index in [2.05, 4.69) is 5.92 Å². The van der Waals surface area contributed by atoms with E-state index >= 15 is 0 Å². The molecule has 1 aliphatic rings. The van der Waals surface area contributed by atoms with E-state index in [1.54, 1.807) is 4.90 Å². The second kappa shape index (κ2) is 9.77. The van der Waals surface area contributed by atoms with Gasteiger partial charge < -0.3 is 18.9 Å². The number of carbonyl (C=O) groups is 4. The fraction of sp³-hybridized carbons (Fsp3) is 0.647. The van der Waals surface area contributed by atoms with Crippen molar-refractivity contribution in [1.29, 1.82) is 0 Å². The number of hydrogen-bond acceptors (Lipinski definition) is 9. The number of ether oxygens (including phenoxy) is 4. The summed E-state index contributed by atoms with van der Waals surface area (Å²) in [5.41, 5.74) is 0. The van der Waals surface area contributed by atoms with Gasteiger partial charge in [-0.05, 0) is 0 Å². The molecule has 0 radical (unpaired) electrons. The molecular formula is C17H23NO8. The molecular weight excluding hydrogens is 346 g/mol. The molecule has 1 saturated heterocycles. The second-order valence-electron chi connectivity index (χ2n) is 5.80. The Labute approximate surface area is 151 Å². The number of terminal acetylenes is 1. The van der Waals surface area contributed by atoms with E-state index in [1.165, 1.54) is 27.7 Å². The maximum absolute atomic E-state index is 11.6. The summed E-state index contributed by atoms with van der Waals surface area (Å²) < 4.78 is 20.9. The Morgan fingerprint density at radius 3 is 1.92 bits per heavy atom. The first-order chi connectivity index (χ1) is 12.1. The maximum Gasteiger partial charge on any atom is 0.303 e. The topological polar surface area (TPSA) is 108 Å². The highest BCUT2D eigenvalue weighted by Crippen LogP contribution is 2.27. The Hall–Kier alpha value is -2.60. The predicted molar refractivity (Wildman–Crippen MR) is 87.5 cm³/mol. The minimum absolute atomic E-state index is 0.116. The molecule has 1 fully saturated rings. The van der Waals surface area contributed by atoms with Crippen molar-refractivity contribution in [3.8, 4) is 12.3 Å². The third-order valence-corrected chi connectivity index (χ3v) is 3.63. The molecule has 26 heavy (non-hydrogen) atoms. The number of carbonyl (C=O) groups excluding carboxylic acids is 4. The van der Waals surface area contributed by atoms with Crippen LogP contribution in [-0.4, -0.2) is 72.8 Å². The number of piperidine rings is 1. The molecule has 0 saturated carbocycles. The van der Waals surface area contributed by atoms with Crippen LogP contribution in [0.25, 0.3) is 0 Å². The van der Waals surface area contributed by atoms with Crippen molar-refractivity contribution < 1.29 is 38.1 Å². The Morgan fingerprint density at radius 1 is 0.923 bits per heavy atom. The van der Waals surface area contributed by atoms with Gasteiger partial charge in [0, 0.05) is 34.2 Å². The number of nitrogens with zero attached hydrogens (tertiary/aromatic N) is 1. The van der Waals surface area contributed by atoms with Crippen LogP contribution in [0.3, 0.4) is 0 Å². The molecule has 1 aliphatic heterocycles. The molecule has 0 aromatic heterocycles. The monoisotopic (exact) mass is 369 g/mol. The van der Waals surface area contributed by atoms with E-state index in [-0.39, 0.29) is 19.7 Å². The highest BCUT2D eigenvalue weighted by molar-refractivity contribution is 5.68. The first kappa shape index (κ1) is 21.4. The fourth-order valence-electron chi connectivity index (χ4n) is 2.80. The van der Waals surface area contributed by atoms with Crippen molar-refractivity contribution in [2.24, 2.45) is 0 Å². The summed E-state index contributed by atoms with van der Waals surface area (Å²) in [6, 6.07) is -0.671.